The second-order valence-electron chi connectivity index (χ2n) is 7.37. The Hall–Kier alpha value is -0.180. The number of carbonyl (C=O) groups excluding carboxylic acids is 1. The minimum Gasteiger partial charge on any atom is -0.312 e. The summed E-state index contributed by atoms with van der Waals surface area (Å²) in [5, 5.41) is 0. The first-order chi connectivity index (χ1) is 12.6. The van der Waals surface area contributed by atoms with Gasteiger partial charge in [-0.2, -0.15) is 0 Å². The van der Waals surface area contributed by atoms with Crippen molar-refractivity contribution >= 4 is 13.4 Å². The fraction of sp³-hybridized carbons (Fsp3) is 0.952. The molecule has 0 aromatic rings. The van der Waals surface area contributed by atoms with E-state index in [0.29, 0.717) is 6.42 Å². The Morgan fingerprint density at radius 3 is 1.35 bits per heavy atom. The number of rotatable bonds is 20. The normalized spacial score (nSPS) is 11.8. The van der Waals surface area contributed by atoms with Crippen molar-refractivity contribution in [3.63, 3.8) is 0 Å². The highest BCUT2D eigenvalue weighted by atomic mass is 31.2. The molecule has 0 heterocycles. The molecule has 0 radical (unpaired) electrons. The molecule has 0 spiro atoms. The number of carbonyl (C=O) groups is 1. The first kappa shape index (κ1) is 25.8. The summed E-state index contributed by atoms with van der Waals surface area (Å²) in [6, 6.07) is 0. The Bertz CT molecular complexity index is 363. The maximum atomic E-state index is 11.9. The molecule has 0 rings (SSSR count). The minimum atomic E-state index is -3.18. The smallest absolute Gasteiger partial charge is 0.312 e. The molecule has 0 aromatic heterocycles. The van der Waals surface area contributed by atoms with Gasteiger partial charge in [-0.15, -0.1) is 0 Å². The highest BCUT2D eigenvalue weighted by Gasteiger charge is 2.24. The maximum absolute atomic E-state index is 11.9. The van der Waals surface area contributed by atoms with Crippen LogP contribution in [0.1, 0.15) is 110 Å². The van der Waals surface area contributed by atoms with Crippen LogP contribution in [0.25, 0.3) is 0 Å². The van der Waals surface area contributed by atoms with Crippen LogP contribution < -0.4 is 0 Å². The van der Waals surface area contributed by atoms with Gasteiger partial charge < -0.3 is 9.05 Å². The van der Waals surface area contributed by atoms with Crippen molar-refractivity contribution < 1.29 is 18.4 Å². The molecule has 0 aliphatic heterocycles. The van der Waals surface area contributed by atoms with Gasteiger partial charge in [0, 0.05) is 20.6 Å². The molecule has 4 nitrogen and oxygen atoms in total. The topological polar surface area (TPSA) is 52.6 Å². The summed E-state index contributed by atoms with van der Waals surface area (Å²) in [5.74, 6) is -0.0215. The van der Waals surface area contributed by atoms with E-state index < -0.39 is 7.60 Å². The van der Waals surface area contributed by atoms with E-state index in [1.807, 2.05) is 0 Å². The lowest BCUT2D eigenvalue weighted by Crippen LogP contribution is -2.07. The summed E-state index contributed by atoms with van der Waals surface area (Å²) >= 11 is 0. The lowest BCUT2D eigenvalue weighted by molar-refractivity contribution is -0.117. The van der Waals surface area contributed by atoms with Gasteiger partial charge in [0.15, 0.2) is 0 Å². The zero-order valence-corrected chi connectivity index (χ0v) is 18.5. The number of hydrogen-bond acceptors (Lipinski definition) is 4. The standard InChI is InChI=1S/C21H43O4P/c1-4-5-6-7-8-9-10-11-12-13-14-15-16-17-18-19-21(22)20-26(23,24-2)25-3/h4-20H2,1-3H3. The molecule has 0 aliphatic carbocycles. The first-order valence-electron chi connectivity index (χ1n) is 10.8. The molecule has 0 aromatic carbocycles. The van der Waals surface area contributed by atoms with Crippen LogP contribution in [0.2, 0.25) is 0 Å². The Labute approximate surface area is 162 Å². The third kappa shape index (κ3) is 16.0. The van der Waals surface area contributed by atoms with Gasteiger partial charge >= 0.3 is 7.60 Å². The summed E-state index contributed by atoms with van der Waals surface area (Å²) in [7, 11) is -0.527. The summed E-state index contributed by atoms with van der Waals surface area (Å²) in [4.78, 5) is 11.8. The monoisotopic (exact) mass is 390 g/mol. The van der Waals surface area contributed by atoms with Crippen LogP contribution >= 0.6 is 7.60 Å². The molecule has 0 unspecified atom stereocenters. The third-order valence-electron chi connectivity index (χ3n) is 4.99. The Balaban J connectivity index is 3.29. The van der Waals surface area contributed by atoms with E-state index in [1.165, 1.54) is 97.7 Å². The first-order valence-corrected chi connectivity index (χ1v) is 12.5. The van der Waals surface area contributed by atoms with Gasteiger partial charge in [-0.3, -0.25) is 9.36 Å². The third-order valence-corrected chi connectivity index (χ3v) is 6.84. The summed E-state index contributed by atoms with van der Waals surface area (Å²) in [5.41, 5.74) is 0. The van der Waals surface area contributed by atoms with Crippen LogP contribution in [0.3, 0.4) is 0 Å². The average molecular weight is 391 g/mol. The highest BCUT2D eigenvalue weighted by Crippen LogP contribution is 2.46. The highest BCUT2D eigenvalue weighted by molar-refractivity contribution is 7.54. The van der Waals surface area contributed by atoms with Crippen molar-refractivity contribution in [3.8, 4) is 0 Å². The Morgan fingerprint density at radius 2 is 1.00 bits per heavy atom. The van der Waals surface area contributed by atoms with Crippen LogP contribution in [0.5, 0.6) is 0 Å². The van der Waals surface area contributed by atoms with E-state index in [-0.39, 0.29) is 11.9 Å². The molecular weight excluding hydrogens is 347 g/mol. The van der Waals surface area contributed by atoms with Crippen LogP contribution in [0, 0.1) is 0 Å². The number of hydrogen-bond donors (Lipinski definition) is 0. The Kier molecular flexibility index (Phi) is 18.1. The molecular formula is C21H43O4P. The molecule has 5 heteroatoms. The zero-order chi connectivity index (χ0) is 19.5. The van der Waals surface area contributed by atoms with Crippen molar-refractivity contribution in [2.45, 2.75) is 110 Å². The van der Waals surface area contributed by atoms with Gasteiger partial charge in [0.25, 0.3) is 0 Å². The van der Waals surface area contributed by atoms with Gasteiger partial charge in [0.05, 0.1) is 0 Å². The lowest BCUT2D eigenvalue weighted by Gasteiger charge is -2.12. The van der Waals surface area contributed by atoms with E-state index in [4.69, 9.17) is 9.05 Å². The molecule has 0 bridgehead atoms. The fourth-order valence-electron chi connectivity index (χ4n) is 3.19. The van der Waals surface area contributed by atoms with E-state index >= 15 is 0 Å². The van der Waals surface area contributed by atoms with Gasteiger partial charge in [-0.05, 0) is 6.42 Å². The number of ketones is 1. The van der Waals surface area contributed by atoms with E-state index in [9.17, 15) is 9.36 Å². The van der Waals surface area contributed by atoms with Gasteiger partial charge in [-0.25, -0.2) is 0 Å². The van der Waals surface area contributed by atoms with Crippen molar-refractivity contribution in [1.29, 1.82) is 0 Å². The number of unbranched alkanes of at least 4 members (excludes halogenated alkanes) is 14. The molecule has 26 heavy (non-hydrogen) atoms. The molecule has 0 fully saturated rings. The predicted molar refractivity (Wildman–Crippen MR) is 111 cm³/mol. The van der Waals surface area contributed by atoms with E-state index in [2.05, 4.69) is 6.92 Å². The van der Waals surface area contributed by atoms with E-state index in [0.717, 1.165) is 12.8 Å². The van der Waals surface area contributed by atoms with E-state index in [1.54, 1.807) is 0 Å². The summed E-state index contributed by atoms with van der Waals surface area (Å²) in [6.45, 7) is 2.27. The van der Waals surface area contributed by atoms with Gasteiger partial charge in [0.2, 0.25) is 0 Å². The molecule has 0 amide bonds. The summed E-state index contributed by atoms with van der Waals surface area (Å²) in [6.07, 6.45) is 20.0. The van der Waals surface area contributed by atoms with Gasteiger partial charge in [-0.1, -0.05) is 96.8 Å². The second kappa shape index (κ2) is 18.2. The maximum Gasteiger partial charge on any atom is 0.337 e. The van der Waals surface area contributed by atoms with Crippen LogP contribution in [-0.4, -0.2) is 26.2 Å². The predicted octanol–water partition coefficient (Wildman–Crippen LogP) is 7.30. The van der Waals surface area contributed by atoms with Crippen molar-refractivity contribution in [2.75, 3.05) is 20.4 Å². The molecule has 0 saturated carbocycles. The molecule has 0 aliphatic rings. The zero-order valence-electron chi connectivity index (χ0n) is 17.6. The second-order valence-corrected chi connectivity index (χ2v) is 9.64. The molecule has 0 saturated heterocycles. The lowest BCUT2D eigenvalue weighted by atomic mass is 10.0. The Morgan fingerprint density at radius 1 is 0.654 bits per heavy atom. The van der Waals surface area contributed by atoms with Crippen LogP contribution in [0.4, 0.5) is 0 Å². The molecule has 156 valence electrons. The molecule has 0 atom stereocenters. The summed E-state index contributed by atoms with van der Waals surface area (Å²) < 4.78 is 21.5. The number of Topliss-reactive ketones (excluding diaryl/α,β-unsaturated/α-hetero) is 1. The fourth-order valence-corrected chi connectivity index (χ4v) is 4.19. The van der Waals surface area contributed by atoms with Gasteiger partial charge in [0.1, 0.15) is 11.9 Å². The largest absolute Gasteiger partial charge is 0.337 e. The van der Waals surface area contributed by atoms with Crippen molar-refractivity contribution in [2.24, 2.45) is 0 Å². The van der Waals surface area contributed by atoms with Crippen LogP contribution in [0.15, 0.2) is 0 Å². The average Bonchev–Trinajstić information content (AvgIpc) is 2.64. The molecule has 0 N–H and O–H groups in total. The van der Waals surface area contributed by atoms with Crippen molar-refractivity contribution in [1.82, 2.24) is 0 Å². The van der Waals surface area contributed by atoms with Crippen molar-refractivity contribution in [3.05, 3.63) is 0 Å². The minimum absolute atomic E-state index is 0.0215. The van der Waals surface area contributed by atoms with Crippen LogP contribution in [-0.2, 0) is 18.4 Å². The SMILES string of the molecule is CCCCCCCCCCCCCCCCCC(=O)CP(=O)(OC)OC. The quantitative estimate of drug-likeness (QED) is 0.162.